The van der Waals surface area contributed by atoms with E-state index < -0.39 is 0 Å². The molecule has 0 aliphatic rings. The van der Waals surface area contributed by atoms with Crippen molar-refractivity contribution in [2.75, 3.05) is 27.2 Å². The first-order valence-electron chi connectivity index (χ1n) is 6.85. The molecule has 0 spiro atoms. The van der Waals surface area contributed by atoms with E-state index in [1.165, 1.54) is 0 Å². The van der Waals surface area contributed by atoms with Crippen LogP contribution in [0.2, 0.25) is 5.02 Å². The number of aryl methyl sites for hydroxylation is 1. The molecule has 0 aromatic heterocycles. The van der Waals surface area contributed by atoms with Crippen molar-refractivity contribution in [2.45, 2.75) is 6.92 Å². The molecule has 2 aromatic rings. The molecule has 0 saturated carbocycles. The molecule has 0 aliphatic heterocycles. The smallest absolute Gasteiger partial charge is 0.134 e. The van der Waals surface area contributed by atoms with Crippen LogP contribution in [0.4, 0.5) is 0 Å². The van der Waals surface area contributed by atoms with Crippen LogP contribution >= 0.6 is 11.6 Å². The molecule has 0 fully saturated rings. The minimum Gasteiger partial charge on any atom is -0.506 e. The Hall–Kier alpha value is -1.71. The quantitative estimate of drug-likeness (QED) is 0.907. The zero-order valence-corrected chi connectivity index (χ0v) is 13.3. The number of benzene rings is 2. The van der Waals surface area contributed by atoms with E-state index in [0.717, 1.165) is 29.0 Å². The molecule has 0 aliphatic carbocycles. The van der Waals surface area contributed by atoms with Crippen molar-refractivity contribution in [3.05, 3.63) is 47.0 Å². The van der Waals surface area contributed by atoms with E-state index in [1.807, 2.05) is 45.3 Å². The summed E-state index contributed by atoms with van der Waals surface area (Å²) in [6.45, 7) is 3.42. The van der Waals surface area contributed by atoms with Gasteiger partial charge in [0, 0.05) is 12.1 Å². The SMILES string of the molecule is Cc1cc(O)c(Cl)cc1-c1ccccc1OCCN(C)C. The summed E-state index contributed by atoms with van der Waals surface area (Å²) in [7, 11) is 4.03. The highest BCUT2D eigenvalue weighted by Crippen LogP contribution is 2.37. The fraction of sp³-hybridized carbons (Fsp3) is 0.294. The summed E-state index contributed by atoms with van der Waals surface area (Å²) in [4.78, 5) is 2.07. The van der Waals surface area contributed by atoms with Crippen molar-refractivity contribution in [2.24, 2.45) is 0 Å². The Labute approximate surface area is 130 Å². The van der Waals surface area contributed by atoms with Gasteiger partial charge in [-0.3, -0.25) is 0 Å². The van der Waals surface area contributed by atoms with Gasteiger partial charge in [0.2, 0.25) is 0 Å². The maximum absolute atomic E-state index is 9.67. The number of nitrogens with zero attached hydrogens (tertiary/aromatic N) is 1. The standard InChI is InChI=1S/C17H20ClNO2/c1-12-10-16(20)15(18)11-14(12)13-6-4-5-7-17(13)21-9-8-19(2)3/h4-7,10-11,20H,8-9H2,1-3H3. The van der Waals surface area contributed by atoms with Crippen molar-refractivity contribution in [3.63, 3.8) is 0 Å². The molecule has 2 aromatic carbocycles. The third-order valence-electron chi connectivity index (χ3n) is 3.27. The molecule has 0 bridgehead atoms. The van der Waals surface area contributed by atoms with E-state index in [0.29, 0.717) is 11.6 Å². The maximum atomic E-state index is 9.67. The minimum absolute atomic E-state index is 0.101. The third kappa shape index (κ3) is 3.90. The lowest BCUT2D eigenvalue weighted by Crippen LogP contribution is -2.19. The zero-order chi connectivity index (χ0) is 15.4. The zero-order valence-electron chi connectivity index (χ0n) is 12.6. The topological polar surface area (TPSA) is 32.7 Å². The van der Waals surface area contributed by atoms with E-state index >= 15 is 0 Å². The van der Waals surface area contributed by atoms with Crippen LogP contribution in [-0.4, -0.2) is 37.3 Å². The van der Waals surface area contributed by atoms with Crippen LogP contribution in [-0.2, 0) is 0 Å². The Morgan fingerprint density at radius 2 is 1.86 bits per heavy atom. The van der Waals surface area contributed by atoms with Crippen molar-refractivity contribution in [1.29, 1.82) is 0 Å². The molecule has 0 saturated heterocycles. The van der Waals surface area contributed by atoms with E-state index in [4.69, 9.17) is 16.3 Å². The molecule has 21 heavy (non-hydrogen) atoms. The van der Waals surface area contributed by atoms with Crippen LogP contribution in [0.15, 0.2) is 36.4 Å². The minimum atomic E-state index is 0.101. The number of ether oxygens (including phenoxy) is 1. The highest BCUT2D eigenvalue weighted by Gasteiger charge is 2.11. The molecule has 3 nitrogen and oxygen atoms in total. The summed E-state index contributed by atoms with van der Waals surface area (Å²) >= 11 is 6.04. The Bertz CT molecular complexity index is 626. The normalized spacial score (nSPS) is 10.9. The molecule has 112 valence electrons. The molecule has 2 rings (SSSR count). The fourth-order valence-electron chi connectivity index (χ4n) is 2.11. The molecule has 0 heterocycles. The van der Waals surface area contributed by atoms with E-state index in [1.54, 1.807) is 12.1 Å². The van der Waals surface area contributed by atoms with Crippen LogP contribution in [0.3, 0.4) is 0 Å². The van der Waals surface area contributed by atoms with Gasteiger partial charge in [-0.1, -0.05) is 29.8 Å². The fourth-order valence-corrected chi connectivity index (χ4v) is 2.27. The van der Waals surface area contributed by atoms with Gasteiger partial charge >= 0.3 is 0 Å². The van der Waals surface area contributed by atoms with Gasteiger partial charge in [0.1, 0.15) is 18.1 Å². The lowest BCUT2D eigenvalue weighted by Gasteiger charge is -2.15. The van der Waals surface area contributed by atoms with Crippen LogP contribution in [0.1, 0.15) is 5.56 Å². The predicted octanol–water partition coefficient (Wildman–Crippen LogP) is 3.96. The molecule has 0 radical (unpaired) electrons. The van der Waals surface area contributed by atoms with Gasteiger partial charge in [-0.25, -0.2) is 0 Å². The van der Waals surface area contributed by atoms with Crippen molar-refractivity contribution in [1.82, 2.24) is 4.90 Å². The Morgan fingerprint density at radius 1 is 1.14 bits per heavy atom. The monoisotopic (exact) mass is 305 g/mol. The number of rotatable bonds is 5. The largest absolute Gasteiger partial charge is 0.506 e. The number of phenolic OH excluding ortho intramolecular Hbond substituents is 1. The van der Waals surface area contributed by atoms with Crippen LogP contribution in [0.25, 0.3) is 11.1 Å². The lowest BCUT2D eigenvalue weighted by molar-refractivity contribution is 0.262. The van der Waals surface area contributed by atoms with Crippen molar-refractivity contribution >= 4 is 11.6 Å². The van der Waals surface area contributed by atoms with Gasteiger partial charge in [-0.15, -0.1) is 0 Å². The number of hydrogen-bond acceptors (Lipinski definition) is 3. The molecule has 0 atom stereocenters. The van der Waals surface area contributed by atoms with Gasteiger partial charge in [0.15, 0.2) is 0 Å². The first-order valence-corrected chi connectivity index (χ1v) is 7.23. The highest BCUT2D eigenvalue weighted by atomic mass is 35.5. The van der Waals surface area contributed by atoms with Crippen LogP contribution in [0, 0.1) is 6.92 Å². The Balaban J connectivity index is 2.34. The highest BCUT2D eigenvalue weighted by molar-refractivity contribution is 6.32. The van der Waals surface area contributed by atoms with Crippen LogP contribution in [0.5, 0.6) is 11.5 Å². The predicted molar refractivity (Wildman–Crippen MR) is 87.3 cm³/mol. The van der Waals surface area contributed by atoms with Gasteiger partial charge < -0.3 is 14.7 Å². The Kier molecular flexibility index (Phi) is 5.10. The maximum Gasteiger partial charge on any atom is 0.134 e. The van der Waals surface area contributed by atoms with Crippen molar-refractivity contribution in [3.8, 4) is 22.6 Å². The molecular weight excluding hydrogens is 286 g/mol. The summed E-state index contributed by atoms with van der Waals surface area (Å²) < 4.78 is 5.88. The van der Waals surface area contributed by atoms with E-state index in [2.05, 4.69) is 4.90 Å². The first kappa shape index (κ1) is 15.7. The van der Waals surface area contributed by atoms with E-state index in [-0.39, 0.29) is 5.75 Å². The summed E-state index contributed by atoms with van der Waals surface area (Å²) in [6, 6.07) is 11.3. The van der Waals surface area contributed by atoms with E-state index in [9.17, 15) is 5.11 Å². The molecule has 0 amide bonds. The molecular formula is C17H20ClNO2. The average Bonchev–Trinajstić information content (AvgIpc) is 2.43. The molecule has 1 N–H and O–H groups in total. The van der Waals surface area contributed by atoms with Gasteiger partial charge in [-0.2, -0.15) is 0 Å². The summed E-state index contributed by atoms with van der Waals surface area (Å²) in [5.41, 5.74) is 2.91. The second-order valence-corrected chi connectivity index (χ2v) is 5.67. The number of likely N-dealkylation sites (N-methyl/N-ethyl adjacent to an activating group) is 1. The summed E-state index contributed by atoms with van der Waals surface area (Å²) in [5.74, 6) is 0.924. The lowest BCUT2D eigenvalue weighted by atomic mass is 9.99. The van der Waals surface area contributed by atoms with Gasteiger partial charge in [0.05, 0.1) is 5.02 Å². The number of halogens is 1. The van der Waals surface area contributed by atoms with Crippen molar-refractivity contribution < 1.29 is 9.84 Å². The number of aromatic hydroxyl groups is 1. The Morgan fingerprint density at radius 3 is 2.57 bits per heavy atom. The summed E-state index contributed by atoms with van der Waals surface area (Å²) in [6.07, 6.45) is 0. The number of para-hydroxylation sites is 1. The average molecular weight is 306 g/mol. The molecule has 4 heteroatoms. The second-order valence-electron chi connectivity index (χ2n) is 5.27. The number of hydrogen-bond donors (Lipinski definition) is 1. The van der Waals surface area contributed by atoms with Gasteiger partial charge in [0.25, 0.3) is 0 Å². The van der Waals surface area contributed by atoms with Crippen LogP contribution < -0.4 is 4.74 Å². The van der Waals surface area contributed by atoms with Gasteiger partial charge in [-0.05, 0) is 50.3 Å². The first-order chi connectivity index (χ1) is 9.99. The second kappa shape index (κ2) is 6.83. The number of phenols is 1. The third-order valence-corrected chi connectivity index (χ3v) is 3.57. The molecule has 0 unspecified atom stereocenters. The summed E-state index contributed by atoms with van der Waals surface area (Å²) in [5, 5.41) is 10.0.